The molecule has 0 bridgehead atoms. The lowest BCUT2D eigenvalue weighted by molar-refractivity contribution is -0.129. The summed E-state index contributed by atoms with van der Waals surface area (Å²) in [5.41, 5.74) is 8.32. The second kappa shape index (κ2) is 9.64. The Morgan fingerprint density at radius 2 is 1.74 bits per heavy atom. The topological polar surface area (TPSA) is 119 Å². The molecule has 3 aromatic heterocycles. The maximum absolute atomic E-state index is 11.9. The molecule has 0 spiro atoms. The van der Waals surface area contributed by atoms with Crippen LogP contribution in [0, 0.1) is 6.92 Å². The number of imidazole rings is 1. The van der Waals surface area contributed by atoms with Gasteiger partial charge in [-0.25, -0.2) is 9.97 Å². The van der Waals surface area contributed by atoms with Gasteiger partial charge in [0.25, 0.3) is 0 Å². The number of nitrogens with zero attached hydrogens (tertiary/aromatic N) is 7. The van der Waals surface area contributed by atoms with E-state index in [4.69, 9.17) is 29.8 Å². The zero-order valence-electron chi connectivity index (χ0n) is 22.2. The van der Waals surface area contributed by atoms with E-state index in [1.807, 2.05) is 55.7 Å². The maximum atomic E-state index is 11.9. The zero-order chi connectivity index (χ0) is 26.4. The van der Waals surface area contributed by atoms with E-state index in [-0.39, 0.29) is 5.91 Å². The van der Waals surface area contributed by atoms with Gasteiger partial charge in [-0.1, -0.05) is 12.1 Å². The number of rotatable bonds is 6. The number of para-hydroxylation sites is 2. The summed E-state index contributed by atoms with van der Waals surface area (Å²) in [5, 5.41) is 0. The van der Waals surface area contributed by atoms with Gasteiger partial charge >= 0.3 is 0 Å². The standard InChI is InChI=1S/C27H34N8O3/c1-18-29-20-6-4-5-7-22(20)35(18)26-30-21-16-19(38-23(21)24(31-26)33-12-14-37-15-13-33)17-32-8-10-34(11-9-32)27(2,3)25(28)36/h4-7,16H,8-15,17H2,1-3H3,(H2,28,36). The summed E-state index contributed by atoms with van der Waals surface area (Å²) in [6.45, 7) is 12.4. The number of hydrogen-bond donors (Lipinski definition) is 1. The van der Waals surface area contributed by atoms with E-state index in [9.17, 15) is 4.79 Å². The van der Waals surface area contributed by atoms with Crippen LogP contribution in [0.2, 0.25) is 0 Å². The van der Waals surface area contributed by atoms with Crippen LogP contribution < -0.4 is 10.6 Å². The number of aryl methyl sites for hydroxylation is 1. The van der Waals surface area contributed by atoms with Crippen LogP contribution in [0.5, 0.6) is 0 Å². The Labute approximate surface area is 221 Å². The molecule has 5 heterocycles. The van der Waals surface area contributed by atoms with Crippen LogP contribution in [-0.2, 0) is 16.1 Å². The number of hydrogen-bond acceptors (Lipinski definition) is 9. The number of furan rings is 1. The molecule has 11 nitrogen and oxygen atoms in total. The van der Waals surface area contributed by atoms with Gasteiger partial charge in [-0.15, -0.1) is 0 Å². The number of fused-ring (bicyclic) bond motifs is 2. The number of anilines is 1. The minimum atomic E-state index is -0.653. The van der Waals surface area contributed by atoms with Crippen molar-refractivity contribution in [2.24, 2.45) is 5.73 Å². The molecule has 2 N–H and O–H groups in total. The highest BCUT2D eigenvalue weighted by Crippen LogP contribution is 2.31. The number of piperazine rings is 1. The fraction of sp³-hybridized carbons (Fsp3) is 0.481. The summed E-state index contributed by atoms with van der Waals surface area (Å²) in [6, 6.07) is 10.1. The second-order valence-electron chi connectivity index (χ2n) is 10.5. The number of carbonyl (C=O) groups excluding carboxylic acids is 1. The van der Waals surface area contributed by atoms with E-state index in [2.05, 4.69) is 14.7 Å². The van der Waals surface area contributed by atoms with Gasteiger partial charge in [0.1, 0.15) is 17.1 Å². The number of benzene rings is 1. The van der Waals surface area contributed by atoms with Gasteiger partial charge < -0.3 is 19.8 Å². The summed E-state index contributed by atoms with van der Waals surface area (Å²) in [7, 11) is 0. The van der Waals surface area contributed by atoms with Crippen molar-refractivity contribution < 1.29 is 13.9 Å². The number of aromatic nitrogens is 4. The lowest BCUT2D eigenvalue weighted by Gasteiger charge is -2.42. The van der Waals surface area contributed by atoms with Crippen LogP contribution in [0.4, 0.5) is 5.82 Å². The first kappa shape index (κ1) is 24.8. The molecule has 1 aromatic carbocycles. The van der Waals surface area contributed by atoms with Gasteiger partial charge in [-0.05, 0) is 32.9 Å². The highest BCUT2D eigenvalue weighted by Gasteiger charge is 2.35. The molecule has 6 rings (SSSR count). The minimum absolute atomic E-state index is 0.297. The van der Waals surface area contributed by atoms with E-state index < -0.39 is 5.54 Å². The monoisotopic (exact) mass is 518 g/mol. The van der Waals surface area contributed by atoms with Gasteiger partial charge in [0.15, 0.2) is 11.4 Å². The number of primary amides is 1. The Morgan fingerprint density at radius 1 is 1.00 bits per heavy atom. The predicted octanol–water partition coefficient (Wildman–Crippen LogP) is 2.09. The number of morpholine rings is 1. The van der Waals surface area contributed by atoms with Gasteiger partial charge in [-0.3, -0.25) is 19.2 Å². The molecule has 2 saturated heterocycles. The van der Waals surface area contributed by atoms with E-state index in [0.29, 0.717) is 31.3 Å². The van der Waals surface area contributed by atoms with E-state index in [0.717, 1.165) is 73.2 Å². The van der Waals surface area contributed by atoms with Crippen LogP contribution in [0.1, 0.15) is 25.4 Å². The highest BCUT2D eigenvalue weighted by atomic mass is 16.5. The summed E-state index contributed by atoms with van der Waals surface area (Å²) >= 11 is 0. The SMILES string of the molecule is Cc1nc2ccccc2n1-c1nc(N2CCOCC2)c2oc(CN3CCN(C(C)(C)C(N)=O)CC3)cc2n1. The van der Waals surface area contributed by atoms with Gasteiger partial charge in [0, 0.05) is 45.3 Å². The zero-order valence-corrected chi connectivity index (χ0v) is 22.2. The van der Waals surface area contributed by atoms with Crippen LogP contribution in [0.15, 0.2) is 34.7 Å². The van der Waals surface area contributed by atoms with Gasteiger partial charge in [0.2, 0.25) is 11.9 Å². The van der Waals surface area contributed by atoms with Crippen LogP contribution in [0.3, 0.4) is 0 Å². The van der Waals surface area contributed by atoms with Crippen molar-refractivity contribution in [1.82, 2.24) is 29.3 Å². The number of ether oxygens (including phenoxy) is 1. The van der Waals surface area contributed by atoms with Crippen molar-refractivity contribution >= 4 is 33.9 Å². The van der Waals surface area contributed by atoms with Crippen LogP contribution in [-0.4, -0.2) is 93.2 Å². The third-order valence-corrected chi connectivity index (χ3v) is 7.78. The number of nitrogens with two attached hydrogens (primary N) is 1. The molecule has 0 saturated carbocycles. The number of carbonyl (C=O) groups is 1. The van der Waals surface area contributed by atoms with Crippen molar-refractivity contribution in [3.05, 3.63) is 41.9 Å². The summed E-state index contributed by atoms with van der Waals surface area (Å²) in [4.78, 5) is 33.3. The molecule has 4 aromatic rings. The Hall–Kier alpha value is -3.54. The van der Waals surface area contributed by atoms with E-state index in [1.54, 1.807) is 0 Å². The summed E-state index contributed by atoms with van der Waals surface area (Å²) in [6.07, 6.45) is 0. The average molecular weight is 519 g/mol. The summed E-state index contributed by atoms with van der Waals surface area (Å²) < 4.78 is 14.0. The quantitative estimate of drug-likeness (QED) is 0.409. The summed E-state index contributed by atoms with van der Waals surface area (Å²) in [5.74, 6) is 2.74. The maximum Gasteiger partial charge on any atom is 0.238 e. The minimum Gasteiger partial charge on any atom is -0.454 e. The predicted molar refractivity (Wildman–Crippen MR) is 144 cm³/mol. The fourth-order valence-corrected chi connectivity index (χ4v) is 5.36. The molecular formula is C27H34N8O3. The molecule has 0 radical (unpaired) electrons. The van der Waals surface area contributed by atoms with Crippen LogP contribution >= 0.6 is 0 Å². The molecular weight excluding hydrogens is 484 g/mol. The molecule has 0 atom stereocenters. The first-order valence-electron chi connectivity index (χ1n) is 13.2. The lowest BCUT2D eigenvalue weighted by Crippen LogP contribution is -2.59. The van der Waals surface area contributed by atoms with E-state index >= 15 is 0 Å². The van der Waals surface area contributed by atoms with Crippen LogP contribution in [0.25, 0.3) is 28.1 Å². The Kier molecular flexibility index (Phi) is 6.29. The normalized spacial score (nSPS) is 18.0. The average Bonchev–Trinajstić information content (AvgIpc) is 3.48. The molecule has 11 heteroatoms. The smallest absolute Gasteiger partial charge is 0.238 e. The molecule has 0 unspecified atom stereocenters. The van der Waals surface area contributed by atoms with Crippen molar-refractivity contribution in [3.8, 4) is 5.95 Å². The first-order valence-corrected chi connectivity index (χ1v) is 13.2. The Balaban J connectivity index is 1.33. The third-order valence-electron chi connectivity index (χ3n) is 7.78. The largest absolute Gasteiger partial charge is 0.454 e. The van der Waals surface area contributed by atoms with Crippen molar-refractivity contribution in [3.63, 3.8) is 0 Å². The second-order valence-corrected chi connectivity index (χ2v) is 10.5. The molecule has 38 heavy (non-hydrogen) atoms. The molecule has 200 valence electrons. The first-order chi connectivity index (χ1) is 18.3. The fourth-order valence-electron chi connectivity index (χ4n) is 5.36. The lowest BCUT2D eigenvalue weighted by atomic mass is 10.0. The number of amides is 1. The molecule has 0 aliphatic carbocycles. The molecule has 2 fully saturated rings. The molecule has 2 aliphatic heterocycles. The molecule has 2 aliphatic rings. The van der Waals surface area contributed by atoms with Gasteiger partial charge in [-0.2, -0.15) is 4.98 Å². The van der Waals surface area contributed by atoms with Gasteiger partial charge in [0.05, 0.1) is 36.3 Å². The highest BCUT2D eigenvalue weighted by molar-refractivity contribution is 5.86. The van der Waals surface area contributed by atoms with Crippen molar-refractivity contribution in [2.75, 3.05) is 57.4 Å². The Bertz CT molecular complexity index is 1480. The molecule has 1 amide bonds. The third kappa shape index (κ3) is 4.40. The van der Waals surface area contributed by atoms with E-state index in [1.165, 1.54) is 0 Å². The Morgan fingerprint density at radius 3 is 2.47 bits per heavy atom. The van der Waals surface area contributed by atoms with Crippen molar-refractivity contribution in [2.45, 2.75) is 32.9 Å². The van der Waals surface area contributed by atoms with Crippen molar-refractivity contribution in [1.29, 1.82) is 0 Å².